The molecule has 4 nitrogen and oxygen atoms in total. The second-order valence-corrected chi connectivity index (χ2v) is 7.15. The number of aromatic nitrogens is 1. The predicted molar refractivity (Wildman–Crippen MR) is 98.4 cm³/mol. The molecule has 3 rings (SSSR count). The van der Waals surface area contributed by atoms with Gasteiger partial charge in [-0.2, -0.15) is 0 Å². The van der Waals surface area contributed by atoms with Gasteiger partial charge in [0.05, 0.1) is 17.1 Å². The van der Waals surface area contributed by atoms with Crippen LogP contribution in [0.4, 0.5) is 0 Å². The van der Waals surface area contributed by atoms with E-state index in [0.29, 0.717) is 6.42 Å². The quantitative estimate of drug-likeness (QED) is 0.809. The van der Waals surface area contributed by atoms with Gasteiger partial charge in [0.15, 0.2) is 0 Å². The smallest absolute Gasteiger partial charge is 0.228 e. The second kappa shape index (κ2) is 8.40. The molecule has 2 heterocycles. The molecule has 1 saturated heterocycles. The third-order valence-electron chi connectivity index (χ3n) is 4.57. The van der Waals surface area contributed by atoms with Crippen molar-refractivity contribution in [1.29, 1.82) is 0 Å². The fourth-order valence-electron chi connectivity index (χ4n) is 3.02. The number of thiazole rings is 1. The van der Waals surface area contributed by atoms with Crippen LogP contribution in [0.1, 0.15) is 23.2 Å². The van der Waals surface area contributed by atoms with E-state index in [0.717, 1.165) is 56.3 Å². The Kier molecular flexibility index (Phi) is 5.99. The molecule has 0 aliphatic carbocycles. The summed E-state index contributed by atoms with van der Waals surface area (Å²) in [7, 11) is 0. The number of piperazine rings is 1. The molecule has 5 heteroatoms. The highest BCUT2D eigenvalue weighted by Crippen LogP contribution is 2.15. The minimum Gasteiger partial charge on any atom is -0.340 e. The van der Waals surface area contributed by atoms with Gasteiger partial charge in [-0.3, -0.25) is 4.79 Å². The average molecular weight is 343 g/mol. The molecule has 24 heavy (non-hydrogen) atoms. The van der Waals surface area contributed by atoms with Crippen molar-refractivity contribution in [3.05, 3.63) is 52.0 Å². The lowest BCUT2D eigenvalue weighted by molar-refractivity contribution is -0.132. The van der Waals surface area contributed by atoms with Gasteiger partial charge >= 0.3 is 0 Å². The molecule has 128 valence electrons. The van der Waals surface area contributed by atoms with E-state index in [-0.39, 0.29) is 5.91 Å². The predicted octanol–water partition coefficient (Wildman–Crippen LogP) is 2.63. The summed E-state index contributed by atoms with van der Waals surface area (Å²) in [5.74, 6) is 0.214. The molecule has 1 aromatic carbocycles. The van der Waals surface area contributed by atoms with E-state index >= 15 is 0 Å². The number of hydrogen-bond donors (Lipinski definition) is 0. The highest BCUT2D eigenvalue weighted by molar-refractivity contribution is 7.09. The Labute approximate surface area is 148 Å². The van der Waals surface area contributed by atoms with Crippen LogP contribution in [-0.4, -0.2) is 53.4 Å². The SMILES string of the molecule is CCN1CCN(C(=O)Cc2csc(CCc3ccccc3)n2)CC1. The minimum atomic E-state index is 0.214. The zero-order valence-electron chi connectivity index (χ0n) is 14.3. The summed E-state index contributed by atoms with van der Waals surface area (Å²) < 4.78 is 0. The molecule has 1 fully saturated rings. The van der Waals surface area contributed by atoms with E-state index in [2.05, 4.69) is 41.1 Å². The number of benzene rings is 1. The van der Waals surface area contributed by atoms with Crippen molar-refractivity contribution in [3.63, 3.8) is 0 Å². The highest BCUT2D eigenvalue weighted by Gasteiger charge is 2.20. The van der Waals surface area contributed by atoms with Crippen LogP contribution < -0.4 is 0 Å². The summed E-state index contributed by atoms with van der Waals surface area (Å²) >= 11 is 1.67. The average Bonchev–Trinajstić information content (AvgIpc) is 3.08. The van der Waals surface area contributed by atoms with Crippen LogP contribution in [0.3, 0.4) is 0 Å². The first-order chi connectivity index (χ1) is 11.7. The third kappa shape index (κ3) is 4.65. The van der Waals surface area contributed by atoms with Crippen LogP contribution in [0.15, 0.2) is 35.7 Å². The van der Waals surface area contributed by atoms with Crippen molar-refractivity contribution in [2.24, 2.45) is 0 Å². The maximum absolute atomic E-state index is 12.4. The fraction of sp³-hybridized carbons (Fsp3) is 0.474. The lowest BCUT2D eigenvalue weighted by Gasteiger charge is -2.34. The number of nitrogens with zero attached hydrogens (tertiary/aromatic N) is 3. The number of rotatable bonds is 6. The largest absolute Gasteiger partial charge is 0.340 e. The lowest BCUT2D eigenvalue weighted by atomic mass is 10.1. The van der Waals surface area contributed by atoms with Crippen molar-refractivity contribution in [2.45, 2.75) is 26.2 Å². The monoisotopic (exact) mass is 343 g/mol. The molecular weight excluding hydrogens is 318 g/mol. The van der Waals surface area contributed by atoms with Crippen LogP contribution in [0.25, 0.3) is 0 Å². The van der Waals surface area contributed by atoms with E-state index < -0.39 is 0 Å². The number of carbonyl (C=O) groups is 1. The van der Waals surface area contributed by atoms with Gasteiger partial charge in [-0.15, -0.1) is 11.3 Å². The van der Waals surface area contributed by atoms with E-state index in [4.69, 9.17) is 0 Å². The maximum Gasteiger partial charge on any atom is 0.228 e. The topological polar surface area (TPSA) is 36.4 Å². The molecule has 0 saturated carbocycles. The Morgan fingerprint density at radius 2 is 1.88 bits per heavy atom. The van der Waals surface area contributed by atoms with Crippen LogP contribution in [0.2, 0.25) is 0 Å². The number of likely N-dealkylation sites (N-methyl/N-ethyl adjacent to an activating group) is 1. The Morgan fingerprint density at radius 3 is 2.58 bits per heavy atom. The molecule has 1 amide bonds. The summed E-state index contributed by atoms with van der Waals surface area (Å²) in [5.41, 5.74) is 2.25. The summed E-state index contributed by atoms with van der Waals surface area (Å²) in [4.78, 5) is 21.4. The summed E-state index contributed by atoms with van der Waals surface area (Å²) in [6, 6.07) is 10.5. The van der Waals surface area contributed by atoms with Crippen molar-refractivity contribution in [2.75, 3.05) is 32.7 Å². The second-order valence-electron chi connectivity index (χ2n) is 6.21. The number of amides is 1. The first-order valence-electron chi connectivity index (χ1n) is 8.72. The van der Waals surface area contributed by atoms with Crippen LogP contribution in [0, 0.1) is 0 Å². The number of aryl methyl sites for hydroxylation is 2. The first-order valence-corrected chi connectivity index (χ1v) is 9.60. The maximum atomic E-state index is 12.4. The van der Waals surface area contributed by atoms with Gasteiger partial charge in [-0.1, -0.05) is 37.3 Å². The van der Waals surface area contributed by atoms with Crippen molar-refractivity contribution >= 4 is 17.2 Å². The fourth-order valence-corrected chi connectivity index (χ4v) is 3.82. The molecule has 0 unspecified atom stereocenters. The Hall–Kier alpha value is -1.72. The molecule has 0 bridgehead atoms. The normalized spacial score (nSPS) is 15.6. The van der Waals surface area contributed by atoms with Crippen molar-refractivity contribution < 1.29 is 4.79 Å². The Balaban J connectivity index is 1.48. The van der Waals surface area contributed by atoms with Gasteiger partial charge in [0.25, 0.3) is 0 Å². The molecule has 0 N–H and O–H groups in total. The summed E-state index contributed by atoms with van der Waals surface area (Å²) in [6.07, 6.45) is 2.38. The number of carbonyl (C=O) groups excluding carboxylic acids is 1. The van der Waals surface area contributed by atoms with Crippen LogP contribution in [-0.2, 0) is 24.1 Å². The van der Waals surface area contributed by atoms with E-state index in [1.54, 1.807) is 11.3 Å². The van der Waals surface area contributed by atoms with Gasteiger partial charge in [0.2, 0.25) is 5.91 Å². The molecule has 1 aliphatic rings. The standard InChI is InChI=1S/C19H25N3OS/c1-2-21-10-12-22(13-11-21)19(23)14-17-15-24-18(20-17)9-8-16-6-4-3-5-7-16/h3-7,15H,2,8-14H2,1H3. The number of hydrogen-bond acceptors (Lipinski definition) is 4. The zero-order chi connectivity index (χ0) is 16.8. The molecular formula is C19H25N3OS. The Bertz CT molecular complexity index is 648. The van der Waals surface area contributed by atoms with Crippen molar-refractivity contribution in [1.82, 2.24) is 14.8 Å². The third-order valence-corrected chi connectivity index (χ3v) is 5.53. The van der Waals surface area contributed by atoms with E-state index in [1.807, 2.05) is 16.3 Å². The molecule has 0 spiro atoms. The van der Waals surface area contributed by atoms with E-state index in [1.165, 1.54) is 5.56 Å². The van der Waals surface area contributed by atoms with Gasteiger partial charge in [-0.05, 0) is 18.5 Å². The van der Waals surface area contributed by atoms with Gasteiger partial charge < -0.3 is 9.80 Å². The van der Waals surface area contributed by atoms with Crippen LogP contribution >= 0.6 is 11.3 Å². The molecule has 1 aliphatic heterocycles. The van der Waals surface area contributed by atoms with Gasteiger partial charge in [-0.25, -0.2) is 4.98 Å². The van der Waals surface area contributed by atoms with Gasteiger partial charge in [0.1, 0.15) is 0 Å². The summed E-state index contributed by atoms with van der Waals surface area (Å²) in [6.45, 7) is 6.90. The molecule has 0 radical (unpaired) electrons. The molecule has 2 aromatic rings. The van der Waals surface area contributed by atoms with Crippen molar-refractivity contribution in [3.8, 4) is 0 Å². The minimum absolute atomic E-state index is 0.214. The first kappa shape index (κ1) is 17.1. The highest BCUT2D eigenvalue weighted by atomic mass is 32.1. The summed E-state index contributed by atoms with van der Waals surface area (Å²) in [5, 5.41) is 3.16. The lowest BCUT2D eigenvalue weighted by Crippen LogP contribution is -2.48. The van der Waals surface area contributed by atoms with Crippen LogP contribution in [0.5, 0.6) is 0 Å². The zero-order valence-corrected chi connectivity index (χ0v) is 15.1. The van der Waals surface area contributed by atoms with E-state index in [9.17, 15) is 4.79 Å². The molecule has 0 atom stereocenters. The van der Waals surface area contributed by atoms with Gasteiger partial charge in [0, 0.05) is 38.0 Å². The Morgan fingerprint density at radius 1 is 1.12 bits per heavy atom. The molecule has 1 aromatic heterocycles.